The monoisotopic (exact) mass is 607 g/mol. The van der Waals surface area contributed by atoms with Crippen LogP contribution in [0, 0.1) is 11.6 Å². The zero-order valence-corrected chi connectivity index (χ0v) is 23.2. The molecule has 12 nitrogen and oxygen atoms in total. The van der Waals surface area contributed by atoms with E-state index in [-0.39, 0.29) is 0 Å². The van der Waals surface area contributed by atoms with Gasteiger partial charge in [-0.3, -0.25) is 24.0 Å². The van der Waals surface area contributed by atoms with E-state index in [4.69, 9.17) is 15.2 Å². The molecule has 2 aliphatic rings. The molecule has 0 aromatic heterocycles. The molecule has 4 atom stereocenters. The van der Waals surface area contributed by atoms with E-state index in [2.05, 4.69) is 5.32 Å². The molecular weight excluding hydrogens is 577 g/mol. The predicted molar refractivity (Wildman–Crippen MR) is 134 cm³/mol. The smallest absolute Gasteiger partial charge is 0.471 e. The molecule has 232 valence electrons. The van der Waals surface area contributed by atoms with Crippen molar-refractivity contribution >= 4 is 35.2 Å². The molecule has 42 heavy (non-hydrogen) atoms. The Morgan fingerprint density at radius 1 is 1.24 bits per heavy atom. The normalized spacial score (nSPS) is 21.6. The molecule has 2 aliphatic heterocycles. The number of ether oxygens (including phenoxy) is 2. The van der Waals surface area contributed by atoms with Crippen LogP contribution in [-0.4, -0.2) is 95.0 Å². The van der Waals surface area contributed by atoms with Crippen LogP contribution >= 0.6 is 0 Å². The topological polar surface area (TPSA) is 160 Å². The highest BCUT2D eigenvalue weighted by Gasteiger charge is 2.58. The number of nitrogens with two attached hydrogens (primary N) is 1. The highest BCUT2D eigenvalue weighted by Crippen LogP contribution is 2.42. The van der Waals surface area contributed by atoms with Gasteiger partial charge < -0.3 is 35.6 Å². The fraction of sp³-hybridized carbons (Fsp3) is 0.560. The van der Waals surface area contributed by atoms with Gasteiger partial charge in [-0.15, -0.1) is 0 Å². The van der Waals surface area contributed by atoms with E-state index >= 15 is 0 Å². The lowest BCUT2D eigenvalue weighted by Crippen LogP contribution is -2.59. The summed E-state index contributed by atoms with van der Waals surface area (Å²) >= 11 is 0. The first-order valence-electron chi connectivity index (χ1n) is 12.5. The lowest BCUT2D eigenvalue weighted by atomic mass is 9.96. The van der Waals surface area contributed by atoms with Gasteiger partial charge in [-0.05, 0) is 27.7 Å². The van der Waals surface area contributed by atoms with Gasteiger partial charge in [-0.25, -0.2) is 8.78 Å². The average Bonchev–Trinajstić information content (AvgIpc) is 3.24. The quantitative estimate of drug-likeness (QED) is 0.387. The Hall–Kier alpha value is -4.02. The molecule has 0 unspecified atom stereocenters. The van der Waals surface area contributed by atoms with Gasteiger partial charge in [-0.1, -0.05) is 0 Å². The second-order valence-corrected chi connectivity index (χ2v) is 11.0. The third kappa shape index (κ3) is 6.71. The van der Waals surface area contributed by atoms with Crippen molar-refractivity contribution in [3.63, 3.8) is 0 Å². The number of fused-ring (bicyclic) bond motifs is 1. The highest BCUT2D eigenvalue weighted by atomic mass is 19.4. The van der Waals surface area contributed by atoms with Crippen LogP contribution in [0.1, 0.15) is 34.1 Å². The van der Waals surface area contributed by atoms with Crippen LogP contribution in [-0.2, 0) is 28.7 Å². The number of carbonyl (C=O) groups is 5. The number of nitrogens with one attached hydrogen (secondary N) is 2. The van der Waals surface area contributed by atoms with Gasteiger partial charge in [0.2, 0.25) is 23.3 Å². The first kappa shape index (κ1) is 32.5. The summed E-state index contributed by atoms with van der Waals surface area (Å²) in [4.78, 5) is 65.4. The molecule has 3 rings (SSSR count). The SMILES string of the molecule is C[C@H](NC(=O)C(F)(F)F)C(=O)N(C)[C@@H](COC(C)(C)C)C(=O)N1C[C@@]2(C[C@H]1C(N)=O)Oc1cc(F)cc(F)c1NC2=O. The maximum Gasteiger partial charge on any atom is 0.471 e. The van der Waals surface area contributed by atoms with E-state index in [0.717, 1.165) is 29.8 Å². The molecule has 0 bridgehead atoms. The molecule has 1 aromatic rings. The molecule has 1 spiro atoms. The Morgan fingerprint density at radius 3 is 2.40 bits per heavy atom. The fourth-order valence-electron chi connectivity index (χ4n) is 4.50. The number of nitrogens with zero attached hydrogens (tertiary/aromatic N) is 2. The number of primary amides is 1. The lowest BCUT2D eigenvalue weighted by Gasteiger charge is -2.36. The Kier molecular flexibility index (Phi) is 8.77. The van der Waals surface area contributed by atoms with Crippen molar-refractivity contribution < 1.29 is 55.4 Å². The van der Waals surface area contributed by atoms with Crippen molar-refractivity contribution in [1.82, 2.24) is 15.1 Å². The zero-order valence-electron chi connectivity index (χ0n) is 23.2. The molecule has 0 radical (unpaired) electrons. The Morgan fingerprint density at radius 2 is 1.86 bits per heavy atom. The first-order valence-corrected chi connectivity index (χ1v) is 12.5. The molecule has 4 N–H and O–H groups in total. The number of amides is 5. The molecule has 1 saturated heterocycles. The highest BCUT2D eigenvalue weighted by molar-refractivity contribution is 6.03. The molecule has 17 heteroatoms. The first-order chi connectivity index (χ1) is 19.2. The van der Waals surface area contributed by atoms with Crippen molar-refractivity contribution in [2.24, 2.45) is 5.73 Å². The van der Waals surface area contributed by atoms with Crippen molar-refractivity contribution in [3.8, 4) is 5.75 Å². The second-order valence-electron chi connectivity index (χ2n) is 11.0. The number of halogens is 5. The summed E-state index contributed by atoms with van der Waals surface area (Å²) in [5.74, 6) is -9.09. The molecule has 1 aromatic carbocycles. The minimum absolute atomic E-state index is 0.404. The second kappa shape index (κ2) is 11.3. The Labute approximate surface area is 236 Å². The zero-order chi connectivity index (χ0) is 31.9. The van der Waals surface area contributed by atoms with Crippen molar-refractivity contribution in [1.29, 1.82) is 0 Å². The van der Waals surface area contributed by atoms with Crippen LogP contribution in [0.2, 0.25) is 0 Å². The summed E-state index contributed by atoms with van der Waals surface area (Å²) in [6.45, 7) is 4.66. The molecule has 1 fully saturated rings. The molecular formula is C25H30F5N5O7. The summed E-state index contributed by atoms with van der Waals surface area (Å²) in [6.07, 6.45) is -5.80. The van der Waals surface area contributed by atoms with Crippen LogP contribution in [0.4, 0.5) is 27.6 Å². The Balaban J connectivity index is 1.95. The number of hydrogen-bond donors (Lipinski definition) is 3. The van der Waals surface area contributed by atoms with Crippen molar-refractivity contribution in [2.75, 3.05) is 25.5 Å². The van der Waals surface area contributed by atoms with E-state index in [9.17, 15) is 45.9 Å². The Bertz CT molecular complexity index is 1300. The minimum atomic E-state index is -5.28. The van der Waals surface area contributed by atoms with E-state index < -0.39 is 108 Å². The van der Waals surface area contributed by atoms with Crippen LogP contribution in [0.15, 0.2) is 12.1 Å². The number of carbonyl (C=O) groups excluding carboxylic acids is 5. The van der Waals surface area contributed by atoms with E-state index in [0.29, 0.717) is 6.07 Å². The van der Waals surface area contributed by atoms with E-state index in [1.807, 2.05) is 0 Å². The van der Waals surface area contributed by atoms with Crippen LogP contribution < -0.4 is 21.1 Å². The number of alkyl halides is 3. The number of hydrogen-bond acceptors (Lipinski definition) is 7. The van der Waals surface area contributed by atoms with Gasteiger partial charge in [-0.2, -0.15) is 13.2 Å². The van der Waals surface area contributed by atoms with Crippen LogP contribution in [0.3, 0.4) is 0 Å². The van der Waals surface area contributed by atoms with Gasteiger partial charge >= 0.3 is 12.1 Å². The third-order valence-corrected chi connectivity index (χ3v) is 6.66. The lowest BCUT2D eigenvalue weighted by molar-refractivity contribution is -0.175. The summed E-state index contributed by atoms with van der Waals surface area (Å²) in [6, 6.07) is -3.52. The van der Waals surface area contributed by atoms with Crippen molar-refractivity contribution in [3.05, 3.63) is 23.8 Å². The number of likely N-dealkylation sites (tertiary alicyclic amines) is 1. The van der Waals surface area contributed by atoms with Crippen LogP contribution in [0.25, 0.3) is 0 Å². The summed E-state index contributed by atoms with van der Waals surface area (Å²) in [5, 5.41) is 3.76. The number of rotatable bonds is 7. The van der Waals surface area contributed by atoms with Gasteiger partial charge in [0.05, 0.1) is 18.8 Å². The van der Waals surface area contributed by atoms with Crippen molar-refractivity contribution in [2.45, 2.75) is 69.6 Å². The minimum Gasteiger partial charge on any atom is -0.473 e. The van der Waals surface area contributed by atoms with Gasteiger partial charge in [0.15, 0.2) is 11.6 Å². The molecule has 5 amide bonds. The molecule has 2 heterocycles. The number of benzene rings is 1. The summed E-state index contributed by atoms with van der Waals surface area (Å²) < 4.78 is 77.7. The third-order valence-electron chi connectivity index (χ3n) is 6.66. The van der Waals surface area contributed by atoms with Gasteiger partial charge in [0.1, 0.15) is 29.6 Å². The van der Waals surface area contributed by atoms with Gasteiger partial charge in [0, 0.05) is 25.6 Å². The maximum absolute atomic E-state index is 14.2. The van der Waals surface area contributed by atoms with Crippen LogP contribution in [0.5, 0.6) is 5.75 Å². The maximum atomic E-state index is 14.2. The summed E-state index contributed by atoms with van der Waals surface area (Å²) in [5.41, 5.74) is 2.17. The number of anilines is 1. The largest absolute Gasteiger partial charge is 0.473 e. The standard InChI is InChI=1S/C25H30F5N5O7/c1-11(32-22(40)25(28,29)30)19(37)34(5)15(9-41-23(2,3)4)20(38)35-10-24(8-14(35)18(31)36)21(39)33-17-13(27)6-12(26)7-16(17)42-24/h6-7,11,14-15H,8-10H2,1-5H3,(H2,31,36)(H,32,40)(H,33,39)/t11-,14-,15-,24+/m0/s1. The van der Waals surface area contributed by atoms with E-state index in [1.165, 1.54) is 5.32 Å². The average molecular weight is 608 g/mol. The predicted octanol–water partition coefficient (Wildman–Crippen LogP) is 0.830. The fourth-order valence-corrected chi connectivity index (χ4v) is 4.50. The summed E-state index contributed by atoms with van der Waals surface area (Å²) in [7, 11) is 1.07. The van der Waals surface area contributed by atoms with Gasteiger partial charge in [0.25, 0.3) is 5.91 Å². The molecule has 0 aliphatic carbocycles. The number of likely N-dealkylation sites (N-methyl/N-ethyl adjacent to an activating group) is 1. The van der Waals surface area contributed by atoms with E-state index in [1.54, 1.807) is 20.8 Å². The molecule has 0 saturated carbocycles.